The molecule has 0 radical (unpaired) electrons. The summed E-state index contributed by atoms with van der Waals surface area (Å²) < 4.78 is 105. The minimum Gasteiger partial charge on any atom is -0.384 e. The summed E-state index contributed by atoms with van der Waals surface area (Å²) in [5, 5.41) is 5.11. The van der Waals surface area contributed by atoms with Crippen molar-refractivity contribution in [1.82, 2.24) is 30.6 Å². The summed E-state index contributed by atoms with van der Waals surface area (Å²) in [6, 6.07) is 25.9. The lowest BCUT2D eigenvalue weighted by molar-refractivity contribution is -0.127. The summed E-state index contributed by atoms with van der Waals surface area (Å²) in [5.74, 6) is -1.69. The zero-order chi connectivity index (χ0) is 40.3. The second-order valence-corrected chi connectivity index (χ2v) is 12.6. The fraction of sp³-hybridized carbons (Fsp3) is 0.200. The summed E-state index contributed by atoms with van der Waals surface area (Å²) in [7, 11) is 0. The topological polar surface area (TPSA) is 128 Å². The molecule has 0 fully saturated rings. The Kier molecular flexibility index (Phi) is 13.6. The maximum atomic E-state index is 13.4. The van der Waals surface area contributed by atoms with Crippen LogP contribution in [0.5, 0.6) is 0 Å². The van der Waals surface area contributed by atoms with E-state index in [0.717, 1.165) is 0 Å². The van der Waals surface area contributed by atoms with Crippen LogP contribution in [0.15, 0.2) is 134 Å². The molecule has 0 aliphatic rings. The smallest absolute Gasteiger partial charge is 0.384 e. The lowest BCUT2D eigenvalue weighted by atomic mass is 9.84. The summed E-state index contributed by atoms with van der Waals surface area (Å²) in [6.45, 7) is -2.43. The van der Waals surface area contributed by atoms with E-state index in [1.807, 2.05) is 0 Å². The molecule has 0 saturated heterocycles. The van der Waals surface area contributed by atoms with Crippen molar-refractivity contribution in [2.24, 2.45) is 0 Å². The lowest BCUT2D eigenvalue weighted by Crippen LogP contribution is -2.35. The zero-order valence-corrected chi connectivity index (χ0v) is 29.4. The number of anilines is 2. The third-order valence-corrected chi connectivity index (χ3v) is 8.48. The standard InChI is InChI=1S/2C20H18F4N4/c2*21-15-8-6-13(7-9-15)19(27-12-20(22,23)24)18(14-3-2-10-26-11-14)16-4-1-5-17(25)28-16/h2*1-11,18-19,27H,12H2,(H2,25,28). The summed E-state index contributed by atoms with van der Waals surface area (Å²) >= 11 is 0. The second kappa shape index (κ2) is 18.6. The Hall–Kier alpha value is -6.00. The fourth-order valence-corrected chi connectivity index (χ4v) is 6.12. The number of alkyl halides is 6. The molecule has 56 heavy (non-hydrogen) atoms. The van der Waals surface area contributed by atoms with Crippen molar-refractivity contribution in [1.29, 1.82) is 0 Å². The Morgan fingerprint density at radius 3 is 1.16 bits per heavy atom. The number of hydrogen-bond donors (Lipinski definition) is 4. The number of aromatic nitrogens is 4. The lowest BCUT2D eigenvalue weighted by Gasteiger charge is -2.29. The molecular formula is C40H36F8N8. The highest BCUT2D eigenvalue weighted by atomic mass is 19.4. The largest absolute Gasteiger partial charge is 0.401 e. The van der Waals surface area contributed by atoms with Crippen LogP contribution in [0.4, 0.5) is 46.8 Å². The van der Waals surface area contributed by atoms with Gasteiger partial charge < -0.3 is 22.1 Å². The molecule has 4 atom stereocenters. The van der Waals surface area contributed by atoms with E-state index in [4.69, 9.17) is 11.5 Å². The number of nitrogen functional groups attached to an aromatic ring is 2. The van der Waals surface area contributed by atoms with Gasteiger partial charge in [0.1, 0.15) is 23.3 Å². The number of benzene rings is 2. The van der Waals surface area contributed by atoms with Crippen LogP contribution >= 0.6 is 0 Å². The second-order valence-electron chi connectivity index (χ2n) is 12.6. The van der Waals surface area contributed by atoms with E-state index in [2.05, 4.69) is 30.6 Å². The van der Waals surface area contributed by atoms with Crippen LogP contribution in [0.3, 0.4) is 0 Å². The van der Waals surface area contributed by atoms with Gasteiger partial charge in [0.05, 0.1) is 24.5 Å². The van der Waals surface area contributed by atoms with Crippen LogP contribution < -0.4 is 22.1 Å². The first-order valence-corrected chi connectivity index (χ1v) is 17.0. The summed E-state index contributed by atoms with van der Waals surface area (Å²) in [6.07, 6.45) is -2.54. The van der Waals surface area contributed by atoms with Gasteiger partial charge >= 0.3 is 12.4 Å². The molecule has 0 bridgehead atoms. The van der Waals surface area contributed by atoms with Crippen LogP contribution in [0, 0.1) is 11.6 Å². The van der Waals surface area contributed by atoms with E-state index < -0.39 is 61.0 Å². The van der Waals surface area contributed by atoms with Crippen molar-refractivity contribution < 1.29 is 35.1 Å². The first kappa shape index (κ1) is 41.2. The molecule has 6 N–H and O–H groups in total. The highest BCUT2D eigenvalue weighted by Gasteiger charge is 2.35. The molecule has 292 valence electrons. The number of pyridine rings is 4. The quantitative estimate of drug-likeness (QED) is 0.0912. The predicted molar refractivity (Wildman–Crippen MR) is 196 cm³/mol. The van der Waals surface area contributed by atoms with Crippen molar-refractivity contribution in [3.05, 3.63) is 179 Å². The molecule has 4 aromatic heterocycles. The SMILES string of the molecule is Nc1cccc(C(c2cccnc2)C(NCC(F)(F)F)c2ccc(F)cc2)n1.Nc1cccc(C(c2cccnc2)C(NCC(F)(F)F)c2ccc(F)cc2)n1. The van der Waals surface area contributed by atoms with Crippen LogP contribution in [0.1, 0.15) is 57.6 Å². The van der Waals surface area contributed by atoms with Gasteiger partial charge in [-0.25, -0.2) is 18.7 Å². The first-order valence-electron chi connectivity index (χ1n) is 17.0. The average molecular weight is 781 g/mol. The van der Waals surface area contributed by atoms with Crippen molar-refractivity contribution in [2.45, 2.75) is 36.3 Å². The van der Waals surface area contributed by atoms with Gasteiger partial charge in [-0.15, -0.1) is 0 Å². The third-order valence-electron chi connectivity index (χ3n) is 8.48. The maximum Gasteiger partial charge on any atom is 0.401 e. The van der Waals surface area contributed by atoms with Gasteiger partial charge in [0.2, 0.25) is 0 Å². The average Bonchev–Trinajstić information content (AvgIpc) is 3.16. The third kappa shape index (κ3) is 12.0. The number of nitrogens with zero attached hydrogens (tertiary/aromatic N) is 4. The van der Waals surface area contributed by atoms with Gasteiger partial charge in [0, 0.05) is 48.7 Å². The van der Waals surface area contributed by atoms with Crippen LogP contribution in [-0.2, 0) is 0 Å². The molecule has 0 spiro atoms. The number of hydrogen-bond acceptors (Lipinski definition) is 8. The Bertz CT molecular complexity index is 1950. The van der Waals surface area contributed by atoms with E-state index in [-0.39, 0.29) is 11.6 Å². The van der Waals surface area contributed by atoms with E-state index >= 15 is 0 Å². The molecule has 0 aliphatic carbocycles. The molecule has 0 amide bonds. The van der Waals surface area contributed by atoms with Crippen LogP contribution in [-0.4, -0.2) is 45.4 Å². The highest BCUT2D eigenvalue weighted by molar-refractivity contribution is 5.40. The zero-order valence-electron chi connectivity index (χ0n) is 29.4. The molecule has 6 aromatic rings. The normalized spacial score (nSPS) is 13.9. The van der Waals surface area contributed by atoms with Crippen molar-refractivity contribution >= 4 is 11.6 Å². The summed E-state index contributed by atoms with van der Waals surface area (Å²) in [5.41, 5.74) is 14.9. The monoisotopic (exact) mass is 780 g/mol. The molecule has 16 heteroatoms. The Morgan fingerprint density at radius 1 is 0.482 bits per heavy atom. The first-order chi connectivity index (χ1) is 26.7. The van der Waals surface area contributed by atoms with Gasteiger partial charge in [-0.3, -0.25) is 9.97 Å². The Labute approximate surface area is 317 Å². The van der Waals surface area contributed by atoms with E-state index in [9.17, 15) is 35.1 Å². The number of nitrogens with two attached hydrogens (primary N) is 2. The highest BCUT2D eigenvalue weighted by Crippen LogP contribution is 2.38. The fourth-order valence-electron chi connectivity index (χ4n) is 6.12. The van der Waals surface area contributed by atoms with Gasteiger partial charge in [0.15, 0.2) is 0 Å². The van der Waals surface area contributed by atoms with Crippen LogP contribution in [0.25, 0.3) is 0 Å². The van der Waals surface area contributed by atoms with Crippen molar-refractivity contribution in [3.63, 3.8) is 0 Å². The molecule has 2 aromatic carbocycles. The number of halogens is 8. The van der Waals surface area contributed by atoms with E-state index in [1.54, 1.807) is 85.5 Å². The van der Waals surface area contributed by atoms with Crippen LogP contribution in [0.2, 0.25) is 0 Å². The minimum absolute atomic E-state index is 0.250. The number of nitrogens with one attached hydrogen (secondary N) is 2. The molecular weight excluding hydrogens is 744 g/mol. The van der Waals surface area contributed by atoms with Crippen molar-refractivity contribution in [3.8, 4) is 0 Å². The van der Waals surface area contributed by atoms with E-state index in [1.165, 1.54) is 48.5 Å². The summed E-state index contributed by atoms with van der Waals surface area (Å²) in [4.78, 5) is 16.8. The molecule has 0 aliphatic heterocycles. The minimum atomic E-state index is -4.42. The Morgan fingerprint density at radius 2 is 0.857 bits per heavy atom. The van der Waals surface area contributed by atoms with Gasteiger partial charge in [0.25, 0.3) is 0 Å². The Balaban J connectivity index is 0.000000214. The van der Waals surface area contributed by atoms with Crippen molar-refractivity contribution in [2.75, 3.05) is 24.6 Å². The van der Waals surface area contributed by atoms with Gasteiger partial charge in [-0.05, 0) is 82.9 Å². The molecule has 6 rings (SSSR count). The van der Waals surface area contributed by atoms with E-state index in [0.29, 0.717) is 33.6 Å². The van der Waals surface area contributed by atoms with Gasteiger partial charge in [-0.2, -0.15) is 26.3 Å². The van der Waals surface area contributed by atoms with Gasteiger partial charge in [-0.1, -0.05) is 48.5 Å². The molecule has 8 nitrogen and oxygen atoms in total. The molecule has 4 unspecified atom stereocenters. The number of rotatable bonds is 12. The molecule has 0 saturated carbocycles. The molecule has 4 heterocycles. The predicted octanol–water partition coefficient (Wildman–Crippen LogP) is 8.45. The maximum absolute atomic E-state index is 13.4.